The summed E-state index contributed by atoms with van der Waals surface area (Å²) in [5.41, 5.74) is 1.27. The van der Waals surface area contributed by atoms with Gasteiger partial charge in [-0.1, -0.05) is 12.1 Å². The summed E-state index contributed by atoms with van der Waals surface area (Å²) in [4.78, 5) is -0.123. The van der Waals surface area contributed by atoms with Crippen LogP contribution >= 0.6 is 0 Å². The summed E-state index contributed by atoms with van der Waals surface area (Å²) in [7, 11) is -4.31. The smallest absolute Gasteiger partial charge is 0.744 e. The van der Waals surface area contributed by atoms with Gasteiger partial charge in [-0.3, -0.25) is 0 Å². The van der Waals surface area contributed by atoms with Crippen LogP contribution in [0.25, 0.3) is 0 Å². The van der Waals surface area contributed by atoms with Crippen molar-refractivity contribution >= 4 is 10.1 Å². The van der Waals surface area contributed by atoms with Crippen molar-refractivity contribution in [2.75, 3.05) is 0 Å². The Balaban J connectivity index is 0.00000144. The minimum Gasteiger partial charge on any atom is -0.744 e. The first-order chi connectivity index (χ1) is 5.41. The molecule has 1 rings (SSSR count). The Bertz CT molecular complexity index is 398. The van der Waals surface area contributed by atoms with Crippen LogP contribution in [0.3, 0.4) is 0 Å². The molecule has 1 aromatic carbocycles. The molecule has 0 spiro atoms. The zero-order valence-electron chi connectivity index (χ0n) is 7.87. The van der Waals surface area contributed by atoms with Crippen LogP contribution in [0.1, 0.15) is 11.1 Å². The van der Waals surface area contributed by atoms with Crippen LogP contribution in [-0.2, 0) is 10.1 Å². The van der Waals surface area contributed by atoms with Gasteiger partial charge in [-0.25, -0.2) is 8.42 Å². The zero-order chi connectivity index (χ0) is 9.35. The maximum Gasteiger partial charge on any atom is 1.00 e. The fraction of sp³-hybridized carbons (Fsp3) is 0.250. The predicted molar refractivity (Wildman–Crippen MR) is 43.9 cm³/mol. The van der Waals surface area contributed by atoms with E-state index in [0.29, 0.717) is 5.56 Å². The van der Waals surface area contributed by atoms with E-state index in [-0.39, 0.29) is 56.3 Å². The first kappa shape index (κ1) is 13.8. The molecule has 3 nitrogen and oxygen atoms in total. The summed E-state index contributed by atoms with van der Waals surface area (Å²) >= 11 is 0. The minimum absolute atomic E-state index is 0. The van der Waals surface area contributed by atoms with Crippen molar-refractivity contribution in [3.63, 3.8) is 0 Å². The molecule has 0 aliphatic rings. The van der Waals surface area contributed by atoms with Crippen molar-refractivity contribution in [2.45, 2.75) is 18.7 Å². The molecule has 66 valence electrons. The summed E-state index contributed by atoms with van der Waals surface area (Å²) in [6, 6.07) is 4.78. The second-order valence-electron chi connectivity index (χ2n) is 2.72. The van der Waals surface area contributed by atoms with Crippen LogP contribution in [0.5, 0.6) is 0 Å². The van der Waals surface area contributed by atoms with Gasteiger partial charge in [0.2, 0.25) is 0 Å². The fourth-order valence-electron chi connectivity index (χ4n) is 0.977. The molecule has 0 unspecified atom stereocenters. The predicted octanol–water partition coefficient (Wildman–Crippen LogP) is -1.79. The molecule has 0 aliphatic carbocycles. The molecule has 13 heavy (non-hydrogen) atoms. The molecule has 0 aliphatic heterocycles. The first-order valence-electron chi connectivity index (χ1n) is 3.44. The summed E-state index contributed by atoms with van der Waals surface area (Å²) in [5, 5.41) is 0. The molecule has 5 heteroatoms. The molecular formula is C8H9KO3S. The Kier molecular flexibility index (Phi) is 5.31. The zero-order valence-corrected chi connectivity index (χ0v) is 11.8. The molecule has 0 aromatic heterocycles. The molecule has 1 aromatic rings. The Hall–Kier alpha value is 0.766. The van der Waals surface area contributed by atoms with Crippen molar-refractivity contribution in [1.82, 2.24) is 0 Å². The Morgan fingerprint density at radius 3 is 2.15 bits per heavy atom. The Morgan fingerprint density at radius 2 is 1.77 bits per heavy atom. The van der Waals surface area contributed by atoms with E-state index in [2.05, 4.69) is 0 Å². The van der Waals surface area contributed by atoms with Gasteiger partial charge in [0.1, 0.15) is 10.1 Å². The van der Waals surface area contributed by atoms with E-state index in [1.807, 2.05) is 0 Å². The van der Waals surface area contributed by atoms with Crippen LogP contribution < -0.4 is 51.4 Å². The maximum atomic E-state index is 10.7. The number of aryl methyl sites for hydroxylation is 2. The molecule has 0 N–H and O–H groups in total. The normalized spacial score (nSPS) is 10.7. The van der Waals surface area contributed by atoms with Gasteiger partial charge in [-0.05, 0) is 31.0 Å². The van der Waals surface area contributed by atoms with Crippen LogP contribution in [0.2, 0.25) is 0 Å². The third-order valence-electron chi connectivity index (χ3n) is 1.61. The van der Waals surface area contributed by atoms with E-state index < -0.39 is 10.1 Å². The van der Waals surface area contributed by atoms with Gasteiger partial charge in [-0.2, -0.15) is 0 Å². The molecule has 0 fully saturated rings. The molecular weight excluding hydrogens is 215 g/mol. The van der Waals surface area contributed by atoms with Crippen LogP contribution in [0, 0.1) is 13.8 Å². The summed E-state index contributed by atoms with van der Waals surface area (Å²) in [6.07, 6.45) is 0. The molecule has 0 saturated carbocycles. The van der Waals surface area contributed by atoms with Crippen molar-refractivity contribution in [3.05, 3.63) is 29.3 Å². The summed E-state index contributed by atoms with van der Waals surface area (Å²) in [6.45, 7) is 3.35. The Morgan fingerprint density at radius 1 is 1.23 bits per heavy atom. The van der Waals surface area contributed by atoms with Gasteiger partial charge >= 0.3 is 51.4 Å². The topological polar surface area (TPSA) is 57.2 Å². The van der Waals surface area contributed by atoms with Crippen molar-refractivity contribution in [1.29, 1.82) is 0 Å². The Labute approximate surface area is 121 Å². The third-order valence-corrected chi connectivity index (χ3v) is 2.59. The standard InChI is InChI=1S/C8H10O3S.K/c1-6-3-4-7(2)8(5-6)12(9,10)11;/h3-5H,1-2H3,(H,9,10,11);/q;+1/p-1. The number of rotatable bonds is 1. The molecule has 0 radical (unpaired) electrons. The number of hydrogen-bond acceptors (Lipinski definition) is 3. The maximum absolute atomic E-state index is 10.7. The molecule has 0 saturated heterocycles. The third kappa shape index (κ3) is 3.79. The van der Waals surface area contributed by atoms with Gasteiger partial charge < -0.3 is 4.55 Å². The molecule has 0 atom stereocenters. The van der Waals surface area contributed by atoms with Crippen LogP contribution in [-0.4, -0.2) is 13.0 Å². The van der Waals surface area contributed by atoms with Crippen LogP contribution in [0.15, 0.2) is 23.1 Å². The second kappa shape index (κ2) is 5.02. The van der Waals surface area contributed by atoms with E-state index in [9.17, 15) is 13.0 Å². The number of benzene rings is 1. The van der Waals surface area contributed by atoms with Gasteiger partial charge in [0.15, 0.2) is 0 Å². The monoisotopic (exact) mass is 224 g/mol. The summed E-state index contributed by atoms with van der Waals surface area (Å²) < 4.78 is 32.0. The second-order valence-corrected chi connectivity index (χ2v) is 4.07. The SMILES string of the molecule is Cc1ccc(C)c(S(=O)(=O)[O-])c1.[K+]. The van der Waals surface area contributed by atoms with Gasteiger partial charge in [0.25, 0.3) is 0 Å². The van der Waals surface area contributed by atoms with E-state index in [1.165, 1.54) is 6.07 Å². The van der Waals surface area contributed by atoms with E-state index >= 15 is 0 Å². The molecule has 0 amide bonds. The van der Waals surface area contributed by atoms with E-state index in [1.54, 1.807) is 26.0 Å². The molecule has 0 heterocycles. The molecule has 0 bridgehead atoms. The fourth-order valence-corrected chi connectivity index (χ4v) is 1.77. The quantitative estimate of drug-likeness (QED) is 0.418. The van der Waals surface area contributed by atoms with Crippen molar-refractivity contribution in [2.24, 2.45) is 0 Å². The summed E-state index contributed by atoms with van der Waals surface area (Å²) in [5.74, 6) is 0. The van der Waals surface area contributed by atoms with Gasteiger partial charge in [0.05, 0.1) is 4.90 Å². The minimum atomic E-state index is -4.31. The number of hydrogen-bond donors (Lipinski definition) is 0. The van der Waals surface area contributed by atoms with E-state index in [0.717, 1.165) is 5.56 Å². The average Bonchev–Trinajstić information content (AvgIpc) is 1.92. The van der Waals surface area contributed by atoms with Crippen molar-refractivity contribution in [3.8, 4) is 0 Å². The first-order valence-corrected chi connectivity index (χ1v) is 4.85. The largest absolute Gasteiger partial charge is 1.00 e. The van der Waals surface area contributed by atoms with Crippen LogP contribution in [0.4, 0.5) is 0 Å². The van der Waals surface area contributed by atoms with Gasteiger partial charge in [0, 0.05) is 0 Å². The van der Waals surface area contributed by atoms with Crippen molar-refractivity contribution < 1.29 is 64.4 Å². The average molecular weight is 224 g/mol. The van der Waals surface area contributed by atoms with E-state index in [4.69, 9.17) is 0 Å². The van der Waals surface area contributed by atoms with Gasteiger partial charge in [-0.15, -0.1) is 0 Å².